The van der Waals surface area contributed by atoms with Crippen molar-refractivity contribution in [2.45, 2.75) is 97.3 Å². The van der Waals surface area contributed by atoms with Crippen molar-refractivity contribution in [3.63, 3.8) is 0 Å². The summed E-state index contributed by atoms with van der Waals surface area (Å²) in [6.07, 6.45) is 15.4. The van der Waals surface area contributed by atoms with Crippen molar-refractivity contribution < 1.29 is 24.2 Å². The lowest BCUT2D eigenvalue weighted by Gasteiger charge is -2.37. The topological polar surface area (TPSA) is 72.8 Å². The summed E-state index contributed by atoms with van der Waals surface area (Å²) in [7, 11) is 0. The number of hydrogen-bond donors (Lipinski definition) is 1. The lowest BCUT2D eigenvalue weighted by atomic mass is 9.68. The molecule has 2 unspecified atom stereocenters. The predicted octanol–water partition coefficient (Wildman–Crippen LogP) is 6.94. The van der Waals surface area contributed by atoms with Crippen LogP contribution in [0.4, 0.5) is 0 Å². The first-order valence-corrected chi connectivity index (χ1v) is 15.2. The van der Waals surface area contributed by atoms with Crippen molar-refractivity contribution in [1.82, 2.24) is 0 Å². The monoisotopic (exact) mass is 538 g/mol. The number of unbranched alkanes of at least 4 members (excludes halogenated alkanes) is 2. The van der Waals surface area contributed by atoms with E-state index in [-0.39, 0.29) is 24.1 Å². The Hall–Kier alpha value is -2.40. The number of esters is 2. The normalized spacial score (nSPS) is 21.5. The second-order valence-corrected chi connectivity index (χ2v) is 12.0. The molecule has 5 heteroatoms. The van der Waals surface area contributed by atoms with Crippen molar-refractivity contribution in [2.75, 3.05) is 19.8 Å². The SMILES string of the molecule is C=C(C)C(=O)OCC(CCOC(=O)C(=C)CO)CC1CCC(C2CCc3cc(CCCCC)ccc3C2)CC1. The van der Waals surface area contributed by atoms with Crippen LogP contribution in [-0.2, 0) is 38.3 Å². The number of hydrogen-bond acceptors (Lipinski definition) is 5. The smallest absolute Gasteiger partial charge is 0.335 e. The van der Waals surface area contributed by atoms with E-state index < -0.39 is 12.6 Å². The maximum absolute atomic E-state index is 12.0. The number of carbonyl (C=O) groups excluding carboxylic acids is 2. The van der Waals surface area contributed by atoms with Gasteiger partial charge in [-0.25, -0.2) is 9.59 Å². The molecular weight excluding hydrogens is 488 g/mol. The Kier molecular flexibility index (Phi) is 12.8. The summed E-state index contributed by atoms with van der Waals surface area (Å²) in [4.78, 5) is 23.8. The average molecular weight is 539 g/mol. The summed E-state index contributed by atoms with van der Waals surface area (Å²) in [6.45, 7) is 11.2. The van der Waals surface area contributed by atoms with Crippen molar-refractivity contribution in [3.05, 3.63) is 59.2 Å². The number of aliphatic hydroxyl groups excluding tert-OH is 1. The maximum Gasteiger partial charge on any atom is 0.335 e. The molecule has 1 aromatic carbocycles. The predicted molar refractivity (Wildman–Crippen MR) is 156 cm³/mol. The molecule has 0 bridgehead atoms. The molecule has 2 atom stereocenters. The zero-order valence-electron chi connectivity index (χ0n) is 24.3. The van der Waals surface area contributed by atoms with E-state index in [9.17, 15) is 9.59 Å². The van der Waals surface area contributed by atoms with Crippen molar-refractivity contribution in [2.24, 2.45) is 23.7 Å². The molecule has 0 heterocycles. The molecule has 0 amide bonds. The molecule has 39 heavy (non-hydrogen) atoms. The summed E-state index contributed by atoms with van der Waals surface area (Å²) < 4.78 is 10.8. The highest BCUT2D eigenvalue weighted by Gasteiger charge is 2.31. The molecule has 2 aliphatic rings. The molecule has 5 nitrogen and oxygen atoms in total. The van der Waals surface area contributed by atoms with E-state index in [1.807, 2.05) is 0 Å². The quantitative estimate of drug-likeness (QED) is 0.149. The fraction of sp³-hybridized carbons (Fsp3) is 0.647. The molecule has 2 aliphatic carbocycles. The summed E-state index contributed by atoms with van der Waals surface area (Å²) >= 11 is 0. The Morgan fingerprint density at radius 2 is 1.77 bits per heavy atom. The Morgan fingerprint density at radius 1 is 1.00 bits per heavy atom. The standard InChI is InChI=1S/C34H50O5/c1-5-6-7-8-26-11-14-32-21-31(16-15-30(32)20-26)29-12-9-27(10-13-29)19-28(23-39-33(36)24(2)3)17-18-38-34(37)25(4)22-35/h11,14,20,27-29,31,35H,2,4-10,12-13,15-19,21-23H2,1,3H3. The van der Waals surface area contributed by atoms with E-state index in [1.165, 1.54) is 76.2 Å². The Bertz CT molecular complexity index is 972. The Labute approximate surface area is 236 Å². The Morgan fingerprint density at radius 3 is 2.46 bits per heavy atom. The third-order valence-electron chi connectivity index (χ3n) is 8.87. The van der Waals surface area contributed by atoms with Gasteiger partial charge in [0.1, 0.15) is 0 Å². The van der Waals surface area contributed by atoms with Gasteiger partial charge in [0.05, 0.1) is 25.4 Å². The van der Waals surface area contributed by atoms with Crippen molar-refractivity contribution in [1.29, 1.82) is 0 Å². The highest BCUT2D eigenvalue weighted by molar-refractivity contribution is 5.88. The molecule has 0 aliphatic heterocycles. The van der Waals surface area contributed by atoms with Crippen LogP contribution in [0, 0.1) is 23.7 Å². The lowest BCUT2D eigenvalue weighted by molar-refractivity contribution is -0.143. The third-order valence-corrected chi connectivity index (χ3v) is 8.87. The molecule has 1 saturated carbocycles. The van der Waals surface area contributed by atoms with Gasteiger partial charge in [0, 0.05) is 5.57 Å². The van der Waals surface area contributed by atoms with Crippen molar-refractivity contribution in [3.8, 4) is 0 Å². The third kappa shape index (κ3) is 9.94. The molecule has 1 N–H and O–H groups in total. The summed E-state index contributed by atoms with van der Waals surface area (Å²) in [6, 6.07) is 7.26. The highest BCUT2D eigenvalue weighted by atomic mass is 16.5. The number of aryl methyl sites for hydroxylation is 2. The van der Waals surface area contributed by atoms with Crippen LogP contribution in [0.1, 0.15) is 94.7 Å². The maximum atomic E-state index is 12.0. The number of benzene rings is 1. The summed E-state index contributed by atoms with van der Waals surface area (Å²) in [5, 5.41) is 9.07. The van der Waals surface area contributed by atoms with Crippen LogP contribution in [0.2, 0.25) is 0 Å². The fourth-order valence-corrected chi connectivity index (χ4v) is 6.41. The van der Waals surface area contributed by atoms with E-state index >= 15 is 0 Å². The van der Waals surface area contributed by atoms with E-state index in [2.05, 4.69) is 38.3 Å². The molecule has 216 valence electrons. The molecule has 0 spiro atoms. The molecule has 1 aromatic rings. The van der Waals surface area contributed by atoms with Crippen LogP contribution in [0.15, 0.2) is 42.5 Å². The van der Waals surface area contributed by atoms with Gasteiger partial charge < -0.3 is 14.6 Å². The largest absolute Gasteiger partial charge is 0.462 e. The Balaban J connectivity index is 1.47. The van der Waals surface area contributed by atoms with Crippen LogP contribution >= 0.6 is 0 Å². The molecular formula is C34H50O5. The molecule has 3 rings (SSSR count). The average Bonchev–Trinajstić information content (AvgIpc) is 2.95. The number of rotatable bonds is 15. The van der Waals surface area contributed by atoms with E-state index in [4.69, 9.17) is 14.6 Å². The van der Waals surface area contributed by atoms with E-state index in [0.717, 1.165) is 18.3 Å². The molecule has 0 aromatic heterocycles. The van der Waals surface area contributed by atoms with Gasteiger partial charge in [0.2, 0.25) is 0 Å². The van der Waals surface area contributed by atoms with Crippen LogP contribution < -0.4 is 0 Å². The van der Waals surface area contributed by atoms with Gasteiger partial charge in [-0.1, -0.05) is 64.0 Å². The minimum atomic E-state index is -0.572. The molecule has 1 fully saturated rings. The summed E-state index contributed by atoms with van der Waals surface area (Å²) in [5.74, 6) is 1.36. The first-order valence-electron chi connectivity index (χ1n) is 15.2. The van der Waals surface area contributed by atoms with E-state index in [1.54, 1.807) is 18.1 Å². The molecule has 0 radical (unpaired) electrons. The van der Waals surface area contributed by atoms with Crippen LogP contribution in [0.25, 0.3) is 0 Å². The van der Waals surface area contributed by atoms with Gasteiger partial charge in [0.15, 0.2) is 0 Å². The number of carbonyl (C=O) groups is 2. The van der Waals surface area contributed by atoms with Crippen LogP contribution in [-0.4, -0.2) is 36.9 Å². The first-order chi connectivity index (χ1) is 18.8. The molecule has 0 saturated heterocycles. The first kappa shape index (κ1) is 31.1. The highest BCUT2D eigenvalue weighted by Crippen LogP contribution is 2.41. The zero-order valence-corrected chi connectivity index (χ0v) is 24.3. The van der Waals surface area contributed by atoms with Gasteiger partial charge in [-0.15, -0.1) is 0 Å². The minimum absolute atomic E-state index is 0.0522. The van der Waals surface area contributed by atoms with Gasteiger partial charge in [0.25, 0.3) is 0 Å². The van der Waals surface area contributed by atoms with Gasteiger partial charge in [-0.05, 0) is 105 Å². The lowest BCUT2D eigenvalue weighted by Crippen LogP contribution is -2.28. The number of fused-ring (bicyclic) bond motifs is 1. The van der Waals surface area contributed by atoms with Gasteiger partial charge in [-0.3, -0.25) is 0 Å². The number of aliphatic hydroxyl groups is 1. The zero-order chi connectivity index (χ0) is 28.2. The van der Waals surface area contributed by atoms with Crippen molar-refractivity contribution >= 4 is 11.9 Å². The van der Waals surface area contributed by atoms with Gasteiger partial charge >= 0.3 is 11.9 Å². The van der Waals surface area contributed by atoms with E-state index in [0.29, 0.717) is 24.5 Å². The number of ether oxygens (including phenoxy) is 2. The fourth-order valence-electron chi connectivity index (χ4n) is 6.41. The van der Waals surface area contributed by atoms with Crippen LogP contribution in [0.5, 0.6) is 0 Å². The van der Waals surface area contributed by atoms with Gasteiger partial charge in [-0.2, -0.15) is 0 Å². The summed E-state index contributed by atoms with van der Waals surface area (Å²) in [5.41, 5.74) is 5.12. The van der Waals surface area contributed by atoms with Crippen LogP contribution in [0.3, 0.4) is 0 Å². The second-order valence-electron chi connectivity index (χ2n) is 12.0. The minimum Gasteiger partial charge on any atom is -0.462 e. The second kappa shape index (κ2) is 16.0.